The second-order valence-corrected chi connectivity index (χ2v) is 7.71. The summed E-state index contributed by atoms with van der Waals surface area (Å²) in [7, 11) is 0.834. The molecule has 0 heterocycles. The summed E-state index contributed by atoms with van der Waals surface area (Å²) < 4.78 is 12.2. The molecule has 1 aromatic rings. The molecular weight excluding hydrogens is 433 g/mol. The van der Waals surface area contributed by atoms with E-state index in [0.717, 1.165) is 16.8 Å². The Bertz CT molecular complexity index is 524. The topological polar surface area (TPSA) is 53.5 Å². The zero-order valence-corrected chi connectivity index (χ0v) is 17.8. The van der Waals surface area contributed by atoms with Crippen molar-refractivity contribution >= 4 is 40.7 Å². The molecule has 1 aliphatic rings. The molecule has 0 radical (unpaired) electrons. The number of guanidine groups is 1. The van der Waals surface area contributed by atoms with Crippen LogP contribution in [-0.4, -0.2) is 35.6 Å². The summed E-state index contributed by atoms with van der Waals surface area (Å²) in [6, 6.07) is 10.1. The van der Waals surface area contributed by atoms with Crippen LogP contribution in [0.4, 0.5) is 0 Å². The Morgan fingerprint density at radius 2 is 2.04 bits per heavy atom. The Kier molecular flexibility index (Phi) is 10.6. The molecule has 1 aromatic carbocycles. The molecule has 0 saturated heterocycles. The van der Waals surface area contributed by atoms with E-state index in [0.29, 0.717) is 18.3 Å². The smallest absolute Gasteiger partial charge is 0.191 e. The van der Waals surface area contributed by atoms with Crippen molar-refractivity contribution in [2.45, 2.75) is 50.0 Å². The third kappa shape index (κ3) is 7.09. The summed E-state index contributed by atoms with van der Waals surface area (Å²) >= 11 is 0. The van der Waals surface area contributed by atoms with Gasteiger partial charge < -0.3 is 10.6 Å². The second-order valence-electron chi connectivity index (χ2n) is 6.14. The van der Waals surface area contributed by atoms with Crippen molar-refractivity contribution in [1.82, 2.24) is 10.6 Å². The standard InChI is InChI=1S/C18H29N3OS.HI/c1-3-15-8-7-9-16(14-15)21-18(19-2)20-12-13-23(22)17-10-5-4-6-11-17;/h4-6,10-11,15-16H,3,7-9,12-14H2,1-2H3,(H2,19,20,21);1H. The van der Waals surface area contributed by atoms with Gasteiger partial charge in [0.25, 0.3) is 0 Å². The molecule has 0 aliphatic heterocycles. The molecule has 2 rings (SSSR count). The fourth-order valence-electron chi connectivity index (χ4n) is 3.13. The minimum Gasteiger partial charge on any atom is -0.355 e. The first-order valence-electron chi connectivity index (χ1n) is 8.63. The Morgan fingerprint density at radius 1 is 1.29 bits per heavy atom. The molecule has 4 nitrogen and oxygen atoms in total. The zero-order valence-electron chi connectivity index (χ0n) is 14.7. The van der Waals surface area contributed by atoms with Gasteiger partial charge >= 0.3 is 0 Å². The van der Waals surface area contributed by atoms with Crippen molar-refractivity contribution in [1.29, 1.82) is 0 Å². The maximum Gasteiger partial charge on any atom is 0.191 e. The van der Waals surface area contributed by atoms with Gasteiger partial charge in [0, 0.05) is 30.3 Å². The van der Waals surface area contributed by atoms with Gasteiger partial charge in [-0.3, -0.25) is 9.20 Å². The Labute approximate surface area is 165 Å². The highest BCUT2D eigenvalue weighted by Gasteiger charge is 2.21. The fraction of sp³-hybridized carbons (Fsp3) is 0.611. The minimum atomic E-state index is -0.961. The first-order chi connectivity index (χ1) is 11.2. The van der Waals surface area contributed by atoms with E-state index in [-0.39, 0.29) is 24.0 Å². The Morgan fingerprint density at radius 3 is 2.71 bits per heavy atom. The highest BCUT2D eigenvalue weighted by molar-refractivity contribution is 14.0. The van der Waals surface area contributed by atoms with Crippen LogP contribution in [0.25, 0.3) is 0 Å². The van der Waals surface area contributed by atoms with Crippen LogP contribution in [0.15, 0.2) is 40.2 Å². The van der Waals surface area contributed by atoms with E-state index in [1.165, 1.54) is 32.1 Å². The fourth-order valence-corrected chi connectivity index (χ4v) is 4.12. The zero-order chi connectivity index (χ0) is 16.5. The first-order valence-corrected chi connectivity index (χ1v) is 9.95. The van der Waals surface area contributed by atoms with Crippen molar-refractivity contribution in [3.63, 3.8) is 0 Å². The largest absolute Gasteiger partial charge is 0.355 e. The van der Waals surface area contributed by atoms with E-state index in [2.05, 4.69) is 22.5 Å². The van der Waals surface area contributed by atoms with Crippen molar-refractivity contribution in [3.8, 4) is 0 Å². The summed E-state index contributed by atoms with van der Waals surface area (Å²) in [6.45, 7) is 2.93. The van der Waals surface area contributed by atoms with Crippen molar-refractivity contribution < 1.29 is 4.21 Å². The van der Waals surface area contributed by atoms with Gasteiger partial charge in [-0.25, -0.2) is 0 Å². The van der Waals surface area contributed by atoms with Crippen molar-refractivity contribution in [2.75, 3.05) is 19.3 Å². The lowest BCUT2D eigenvalue weighted by Gasteiger charge is -2.30. The molecule has 3 atom stereocenters. The third-order valence-electron chi connectivity index (χ3n) is 4.51. The molecule has 0 spiro atoms. The Hall–Kier alpha value is -0.630. The number of benzene rings is 1. The van der Waals surface area contributed by atoms with Gasteiger partial charge in [0.2, 0.25) is 0 Å². The van der Waals surface area contributed by atoms with Crippen LogP contribution >= 0.6 is 24.0 Å². The van der Waals surface area contributed by atoms with Crippen LogP contribution in [0.2, 0.25) is 0 Å². The molecule has 136 valence electrons. The van der Waals surface area contributed by atoms with Crippen molar-refractivity contribution in [2.24, 2.45) is 10.9 Å². The van der Waals surface area contributed by atoms with Gasteiger partial charge in [0.05, 0.1) is 10.8 Å². The molecule has 1 saturated carbocycles. The molecule has 0 aromatic heterocycles. The molecule has 0 bridgehead atoms. The number of aliphatic imine (C=N–C) groups is 1. The van der Waals surface area contributed by atoms with Crippen LogP contribution in [0, 0.1) is 5.92 Å². The average Bonchev–Trinajstić information content (AvgIpc) is 2.61. The van der Waals surface area contributed by atoms with Crippen LogP contribution < -0.4 is 10.6 Å². The maximum absolute atomic E-state index is 12.2. The molecule has 1 aliphatic carbocycles. The van der Waals surface area contributed by atoms with Gasteiger partial charge in [-0.05, 0) is 30.9 Å². The molecule has 3 unspecified atom stereocenters. The molecule has 6 heteroatoms. The predicted octanol–water partition coefficient (Wildman–Crippen LogP) is 3.55. The van der Waals surface area contributed by atoms with Crippen molar-refractivity contribution in [3.05, 3.63) is 30.3 Å². The minimum absolute atomic E-state index is 0. The van der Waals surface area contributed by atoms with Gasteiger partial charge in [-0.15, -0.1) is 24.0 Å². The number of hydrogen-bond donors (Lipinski definition) is 2. The SMILES string of the molecule is CCC1CCCC(NC(=NC)NCCS(=O)c2ccccc2)C1.I. The molecule has 0 amide bonds. The highest BCUT2D eigenvalue weighted by atomic mass is 127. The average molecular weight is 463 g/mol. The van der Waals surface area contributed by atoms with E-state index >= 15 is 0 Å². The van der Waals surface area contributed by atoms with Crippen LogP contribution in [0.1, 0.15) is 39.0 Å². The predicted molar refractivity (Wildman–Crippen MR) is 114 cm³/mol. The molecule has 24 heavy (non-hydrogen) atoms. The quantitative estimate of drug-likeness (QED) is 0.386. The monoisotopic (exact) mass is 463 g/mol. The van der Waals surface area contributed by atoms with Crippen LogP contribution in [0.5, 0.6) is 0 Å². The highest BCUT2D eigenvalue weighted by Crippen LogP contribution is 2.26. The van der Waals surface area contributed by atoms with Crippen LogP contribution in [-0.2, 0) is 10.8 Å². The summed E-state index contributed by atoms with van der Waals surface area (Å²) in [5.41, 5.74) is 0. The number of rotatable bonds is 6. The van der Waals surface area contributed by atoms with Crippen LogP contribution in [0.3, 0.4) is 0 Å². The molecule has 1 fully saturated rings. The summed E-state index contributed by atoms with van der Waals surface area (Å²) in [5, 5.41) is 6.82. The number of halogens is 1. The lowest BCUT2D eigenvalue weighted by Crippen LogP contribution is -2.46. The number of hydrogen-bond acceptors (Lipinski definition) is 2. The lowest BCUT2D eigenvalue weighted by molar-refractivity contribution is 0.298. The van der Waals surface area contributed by atoms with E-state index in [1.54, 1.807) is 7.05 Å². The van der Waals surface area contributed by atoms with E-state index in [1.807, 2.05) is 30.3 Å². The number of nitrogens with zero attached hydrogens (tertiary/aromatic N) is 1. The van der Waals surface area contributed by atoms with Gasteiger partial charge in [0.15, 0.2) is 5.96 Å². The van der Waals surface area contributed by atoms with E-state index in [4.69, 9.17) is 0 Å². The first kappa shape index (κ1) is 21.4. The third-order valence-corrected chi connectivity index (χ3v) is 5.88. The summed E-state index contributed by atoms with van der Waals surface area (Å²) in [6.07, 6.45) is 6.36. The second kappa shape index (κ2) is 11.8. The van der Waals surface area contributed by atoms with Gasteiger partial charge in [-0.1, -0.05) is 44.4 Å². The lowest BCUT2D eigenvalue weighted by atomic mass is 9.84. The number of nitrogens with one attached hydrogen (secondary N) is 2. The maximum atomic E-state index is 12.2. The van der Waals surface area contributed by atoms with Gasteiger partial charge in [-0.2, -0.15) is 0 Å². The van der Waals surface area contributed by atoms with E-state index in [9.17, 15) is 4.21 Å². The Balaban J connectivity index is 0.00000288. The summed E-state index contributed by atoms with van der Waals surface area (Å²) in [5.74, 6) is 2.26. The van der Waals surface area contributed by atoms with E-state index < -0.39 is 10.8 Å². The normalized spacial score (nSPS) is 22.3. The molecule has 2 N–H and O–H groups in total. The molecular formula is C18H30IN3OS. The van der Waals surface area contributed by atoms with Gasteiger partial charge in [0.1, 0.15) is 0 Å². The summed E-state index contributed by atoms with van der Waals surface area (Å²) in [4.78, 5) is 5.18.